The van der Waals surface area contributed by atoms with E-state index in [-0.39, 0.29) is 81.2 Å². The van der Waals surface area contributed by atoms with Gasteiger partial charge in [-0.25, -0.2) is 0 Å². The maximum absolute atomic E-state index is 14.9. The molecule has 10 N–H and O–H groups in total. The Morgan fingerprint density at radius 1 is 0.394 bits per heavy atom. The van der Waals surface area contributed by atoms with Crippen molar-refractivity contribution in [3.63, 3.8) is 0 Å². The van der Waals surface area contributed by atoms with Gasteiger partial charge in [-0.15, -0.1) is 0 Å². The highest BCUT2D eigenvalue weighted by Gasteiger charge is 2.40. The van der Waals surface area contributed by atoms with Gasteiger partial charge in [0.05, 0.1) is 112 Å². The normalized spacial score (nSPS) is 13.1. The Labute approximate surface area is 461 Å². The summed E-state index contributed by atoms with van der Waals surface area (Å²) in [5.74, 6) is -5.97. The number of anilines is 2. The molecule has 22 nitrogen and oxygen atoms in total. The second-order valence-corrected chi connectivity index (χ2v) is 21.0. The van der Waals surface area contributed by atoms with Gasteiger partial charge < -0.3 is 70.7 Å². The fourth-order valence-electron chi connectivity index (χ4n) is 6.18. The lowest BCUT2D eigenvalue weighted by Crippen LogP contribution is -2.49. The van der Waals surface area contributed by atoms with Gasteiger partial charge in [-0.1, -0.05) is 0 Å². The van der Waals surface area contributed by atoms with Crippen LogP contribution < -0.4 is 9.80 Å². The first-order chi connectivity index (χ1) is 30.8. The molecule has 0 fully saturated rings. The van der Waals surface area contributed by atoms with Crippen LogP contribution in [0.25, 0.3) is 0 Å². The number of amides is 6. The first-order valence-corrected chi connectivity index (χ1v) is 25.8. The third-order valence-electron chi connectivity index (χ3n) is 9.47. The van der Waals surface area contributed by atoms with Crippen LogP contribution >= 0.6 is 136 Å². The van der Waals surface area contributed by atoms with Crippen LogP contribution in [0, 0.1) is 21.4 Å². The van der Waals surface area contributed by atoms with E-state index in [1.54, 1.807) is 136 Å². The van der Waals surface area contributed by atoms with Gasteiger partial charge in [0.25, 0.3) is 23.6 Å². The number of aliphatic hydroxyl groups excluding tert-OH is 10. The molecule has 0 aliphatic heterocycles. The molecule has 2 rings (SSSR count). The lowest BCUT2D eigenvalue weighted by atomic mass is 10.0. The van der Waals surface area contributed by atoms with E-state index >= 15 is 0 Å². The van der Waals surface area contributed by atoms with Crippen molar-refractivity contribution in [3.8, 4) is 0 Å². The van der Waals surface area contributed by atoms with Crippen LogP contribution in [0.5, 0.6) is 0 Å². The van der Waals surface area contributed by atoms with Crippen molar-refractivity contribution in [1.82, 2.24) is 19.6 Å². The van der Waals surface area contributed by atoms with Gasteiger partial charge >= 0.3 is 11.8 Å². The molecule has 0 heterocycles. The fraction of sp³-hybridized carbons (Fsp3) is 0.526. The predicted molar refractivity (Wildman–Crippen MR) is 288 cm³/mol. The molecule has 4 unspecified atom stereocenters. The van der Waals surface area contributed by atoms with Crippen molar-refractivity contribution in [2.45, 2.75) is 24.4 Å². The minimum atomic E-state index is -1.39. The van der Waals surface area contributed by atoms with Crippen molar-refractivity contribution in [1.29, 1.82) is 0 Å². The van der Waals surface area contributed by atoms with E-state index in [2.05, 4.69) is 0 Å². The van der Waals surface area contributed by atoms with E-state index in [4.69, 9.17) is 0 Å². The van der Waals surface area contributed by atoms with Gasteiger partial charge in [-0.3, -0.25) is 38.6 Å². The van der Waals surface area contributed by atoms with Gasteiger partial charge in [0, 0.05) is 74.6 Å². The topological polar surface area (TPSA) is 324 Å². The number of likely N-dealkylation sites (N-methyl/N-ethyl adjacent to an activating group) is 4. The minimum Gasteiger partial charge on any atom is -0.395 e. The van der Waals surface area contributed by atoms with Crippen LogP contribution in [0.3, 0.4) is 0 Å². The monoisotopic (exact) mass is 1610 g/mol. The molecule has 66 heavy (non-hydrogen) atoms. The molecule has 0 saturated heterocycles. The van der Waals surface area contributed by atoms with Crippen LogP contribution in [0.15, 0.2) is 0 Å². The van der Waals surface area contributed by atoms with Gasteiger partial charge in [-0.05, 0) is 136 Å². The Morgan fingerprint density at radius 2 is 0.591 bits per heavy atom. The average Bonchev–Trinajstić information content (AvgIpc) is 3.26. The highest BCUT2D eigenvalue weighted by atomic mass is 127. The highest BCUT2D eigenvalue weighted by molar-refractivity contribution is 14.1. The second kappa shape index (κ2) is 28.3. The summed E-state index contributed by atoms with van der Waals surface area (Å²) in [7, 11) is 5.24. The Hall–Kier alpha value is -0.760. The van der Waals surface area contributed by atoms with Crippen molar-refractivity contribution in [2.24, 2.45) is 0 Å². The minimum absolute atomic E-state index is 0.00459. The smallest absolute Gasteiger partial charge is 0.317 e. The zero-order valence-electron chi connectivity index (χ0n) is 35.7. The zero-order chi connectivity index (χ0) is 50.7. The van der Waals surface area contributed by atoms with E-state index in [9.17, 15) is 79.8 Å². The first-order valence-electron chi connectivity index (χ1n) is 19.3. The SMILES string of the molecule is CN(CC(O)CO)C(=O)c1c(I)c(C(=O)N(C)CC(O)CO)c(I)c(N(CCO)C(=O)C(=O)N(CCO)c2c(I)c(C(=O)N(C)CC(O)CO)c(I)c(C(=O)N(C)CC(O)CO)c2I)c1I. The Kier molecular flexibility index (Phi) is 26.3. The van der Waals surface area contributed by atoms with Gasteiger partial charge in [0.15, 0.2) is 0 Å². The molecule has 0 aliphatic rings. The first kappa shape index (κ1) is 61.4. The molecule has 28 heteroatoms. The molecule has 370 valence electrons. The number of aliphatic hydroxyl groups is 10. The fourth-order valence-corrected chi connectivity index (χ4v) is 15.5. The number of halogens is 6. The Balaban J connectivity index is 3.15. The van der Waals surface area contributed by atoms with E-state index in [0.717, 1.165) is 29.4 Å². The lowest BCUT2D eigenvalue weighted by molar-refractivity contribution is -0.136. The van der Waals surface area contributed by atoms with Crippen LogP contribution in [0.4, 0.5) is 11.4 Å². The van der Waals surface area contributed by atoms with E-state index in [0.29, 0.717) is 0 Å². The molecular formula is C38H50I6N6O16. The molecule has 2 aromatic carbocycles. The summed E-state index contributed by atoms with van der Waals surface area (Å²) in [6, 6.07) is 0. The zero-order valence-corrected chi connectivity index (χ0v) is 48.6. The summed E-state index contributed by atoms with van der Waals surface area (Å²) < 4.78 is 0.0757. The molecule has 4 atom stereocenters. The predicted octanol–water partition coefficient (Wildman–Crippen LogP) is -1.63. The maximum atomic E-state index is 14.9. The number of nitrogens with zero attached hydrogens (tertiary/aromatic N) is 6. The van der Waals surface area contributed by atoms with Crippen molar-refractivity contribution in [2.75, 3.05) is 117 Å². The largest absolute Gasteiger partial charge is 0.395 e. The molecule has 6 amide bonds. The Morgan fingerprint density at radius 3 is 0.758 bits per heavy atom. The van der Waals surface area contributed by atoms with Crippen LogP contribution in [-0.4, -0.2) is 238 Å². The maximum Gasteiger partial charge on any atom is 0.317 e. The third kappa shape index (κ3) is 14.7. The van der Waals surface area contributed by atoms with E-state index in [1.165, 1.54) is 28.2 Å². The Bertz CT molecular complexity index is 1870. The standard InChI is InChI=1S/C38H50I6N6O16/c1-45(9-17(57)13-53)33(61)21-25(39)22(34(62)46(2)10-18(58)14-54)28(42)31(27(21)41)49(5-7-51)37(65)38(66)50(6-8-52)32-29(43)23(35(63)47(3)11-19(59)15-55)26(40)24(30(32)44)36(64)48(4)12-20(60)16-56/h17-20,51-60H,5-16H2,1-4H3. The van der Waals surface area contributed by atoms with Crippen molar-refractivity contribution in [3.05, 3.63) is 43.7 Å². The number of hydrogen-bond donors (Lipinski definition) is 10. The highest BCUT2D eigenvalue weighted by Crippen LogP contribution is 2.42. The van der Waals surface area contributed by atoms with Crippen molar-refractivity contribution < 1.29 is 79.8 Å². The van der Waals surface area contributed by atoms with E-state index < -0.39 is 113 Å². The van der Waals surface area contributed by atoms with Gasteiger partial charge in [0.2, 0.25) is 0 Å². The summed E-state index contributed by atoms with van der Waals surface area (Å²) in [6.07, 6.45) is -5.48. The van der Waals surface area contributed by atoms with Crippen LogP contribution in [0.2, 0.25) is 0 Å². The number of carbonyl (C=O) groups is 6. The van der Waals surface area contributed by atoms with Crippen molar-refractivity contribution >= 4 is 182 Å². The summed E-state index contributed by atoms with van der Waals surface area (Å²) >= 11 is 10.4. The number of hydrogen-bond acceptors (Lipinski definition) is 16. The molecule has 0 spiro atoms. The quantitative estimate of drug-likeness (QED) is 0.0467. The number of benzene rings is 2. The number of carbonyl (C=O) groups excluding carboxylic acids is 6. The van der Waals surface area contributed by atoms with Gasteiger partial charge in [-0.2, -0.15) is 0 Å². The molecule has 0 aromatic heterocycles. The van der Waals surface area contributed by atoms with Crippen LogP contribution in [0.1, 0.15) is 41.4 Å². The molecule has 0 saturated carbocycles. The summed E-state index contributed by atoms with van der Waals surface area (Å²) in [5.41, 5.74) is -1.17. The number of rotatable bonds is 22. The summed E-state index contributed by atoms with van der Waals surface area (Å²) in [6.45, 7) is -7.14. The van der Waals surface area contributed by atoms with Gasteiger partial charge in [0.1, 0.15) is 0 Å². The molecule has 0 radical (unpaired) electrons. The molecule has 2 aromatic rings. The molecular weight excluding hydrogens is 1560 g/mol. The molecule has 0 aliphatic carbocycles. The lowest BCUT2D eigenvalue weighted by Gasteiger charge is -2.32. The molecule has 0 bridgehead atoms. The van der Waals surface area contributed by atoms with Crippen LogP contribution in [-0.2, 0) is 9.59 Å². The second-order valence-electron chi connectivity index (χ2n) is 14.5. The van der Waals surface area contributed by atoms with E-state index in [1.807, 2.05) is 0 Å². The average molecular weight is 1610 g/mol. The third-order valence-corrected chi connectivity index (χ3v) is 15.8. The summed E-state index contributed by atoms with van der Waals surface area (Å²) in [4.78, 5) is 92.5. The summed E-state index contributed by atoms with van der Waals surface area (Å²) in [5, 5.41) is 99.5.